The maximum atomic E-state index is 10.1. The molecule has 2 heterocycles. The molecule has 0 saturated carbocycles. The lowest BCUT2D eigenvalue weighted by molar-refractivity contribution is 0.174. The highest BCUT2D eigenvalue weighted by Gasteiger charge is 2.18. The Morgan fingerprint density at radius 2 is 1.95 bits per heavy atom. The van der Waals surface area contributed by atoms with Gasteiger partial charge in [-0.25, -0.2) is 0 Å². The first-order chi connectivity index (χ1) is 10.7. The molecule has 0 amide bonds. The number of nitrogens with one attached hydrogen (secondary N) is 1. The number of phenolic OH excluding ortho intramolecular Hbond substituents is 1. The van der Waals surface area contributed by atoms with Crippen molar-refractivity contribution < 1.29 is 14.6 Å². The monoisotopic (exact) mass is 313 g/mol. The molecule has 110 valence electrons. The topological polar surface area (TPSA) is 72.3 Å². The molecule has 7 heteroatoms. The lowest BCUT2D eigenvalue weighted by atomic mass is 10.2. The van der Waals surface area contributed by atoms with E-state index < -0.39 is 0 Å². The molecule has 22 heavy (non-hydrogen) atoms. The van der Waals surface area contributed by atoms with Crippen LogP contribution in [0, 0.1) is 4.77 Å². The van der Waals surface area contributed by atoms with Crippen molar-refractivity contribution in [1.82, 2.24) is 14.8 Å². The fourth-order valence-electron chi connectivity index (χ4n) is 2.40. The van der Waals surface area contributed by atoms with Gasteiger partial charge < -0.3 is 14.6 Å². The van der Waals surface area contributed by atoms with Gasteiger partial charge in [-0.3, -0.25) is 9.67 Å². The zero-order chi connectivity index (χ0) is 15.1. The molecule has 0 bridgehead atoms. The number of rotatable bonds is 2. The first-order valence-corrected chi connectivity index (χ1v) is 7.00. The summed E-state index contributed by atoms with van der Waals surface area (Å²) in [5.74, 6) is 2.02. The third-order valence-corrected chi connectivity index (χ3v) is 3.71. The van der Waals surface area contributed by atoms with Gasteiger partial charge in [0.1, 0.15) is 5.75 Å². The van der Waals surface area contributed by atoms with Crippen LogP contribution in [0.5, 0.6) is 17.2 Å². The van der Waals surface area contributed by atoms with E-state index in [9.17, 15) is 5.11 Å². The van der Waals surface area contributed by atoms with Gasteiger partial charge >= 0.3 is 0 Å². The molecular weight excluding hydrogens is 302 g/mol. The number of para-hydroxylation sites is 1. The molecule has 0 fully saturated rings. The van der Waals surface area contributed by atoms with E-state index in [0.29, 0.717) is 27.7 Å². The van der Waals surface area contributed by atoms with Crippen molar-refractivity contribution >= 4 is 12.2 Å². The Bertz CT molecular complexity index is 916. The van der Waals surface area contributed by atoms with E-state index in [1.165, 1.54) is 0 Å². The Morgan fingerprint density at radius 3 is 2.82 bits per heavy atom. The molecule has 4 rings (SSSR count). The maximum absolute atomic E-state index is 10.1. The van der Waals surface area contributed by atoms with Crippen LogP contribution in [-0.4, -0.2) is 26.7 Å². The van der Waals surface area contributed by atoms with E-state index in [2.05, 4.69) is 10.2 Å². The summed E-state index contributed by atoms with van der Waals surface area (Å²) in [4.78, 5) is 0. The van der Waals surface area contributed by atoms with Gasteiger partial charge in [-0.2, -0.15) is 5.10 Å². The number of aromatic amines is 1. The fourth-order valence-corrected chi connectivity index (χ4v) is 2.64. The second-order valence-electron chi connectivity index (χ2n) is 4.74. The van der Waals surface area contributed by atoms with Gasteiger partial charge in [-0.05, 0) is 36.5 Å². The largest absolute Gasteiger partial charge is 0.507 e. The minimum absolute atomic E-state index is 0.137. The summed E-state index contributed by atoms with van der Waals surface area (Å²) in [6.07, 6.45) is 0. The Hall–Kier alpha value is -2.80. The summed E-state index contributed by atoms with van der Waals surface area (Å²) in [6, 6.07) is 12.5. The van der Waals surface area contributed by atoms with Gasteiger partial charge in [0.25, 0.3) is 0 Å². The molecule has 1 aromatic heterocycles. The van der Waals surface area contributed by atoms with Crippen LogP contribution in [0.25, 0.3) is 17.1 Å². The van der Waals surface area contributed by atoms with E-state index in [4.69, 9.17) is 21.7 Å². The normalized spacial score (nSPS) is 12.5. The summed E-state index contributed by atoms with van der Waals surface area (Å²) < 4.78 is 12.9. The molecule has 6 nitrogen and oxygen atoms in total. The van der Waals surface area contributed by atoms with E-state index in [1.54, 1.807) is 22.8 Å². The van der Waals surface area contributed by atoms with Crippen LogP contribution < -0.4 is 9.47 Å². The first kappa shape index (κ1) is 12.9. The second kappa shape index (κ2) is 4.88. The molecule has 1 aliphatic heterocycles. The molecule has 0 unspecified atom stereocenters. The predicted octanol–water partition coefficient (Wildman–Crippen LogP) is 3.03. The minimum Gasteiger partial charge on any atom is -0.507 e. The number of phenols is 1. The van der Waals surface area contributed by atoms with Crippen LogP contribution in [0.15, 0.2) is 42.5 Å². The molecule has 0 spiro atoms. The quantitative estimate of drug-likeness (QED) is 0.712. The number of hydrogen-bond donors (Lipinski definition) is 2. The molecule has 2 N–H and O–H groups in total. The molecule has 3 aromatic rings. The average molecular weight is 313 g/mol. The van der Waals surface area contributed by atoms with Crippen molar-refractivity contribution in [3.05, 3.63) is 47.2 Å². The Balaban J connectivity index is 1.92. The summed E-state index contributed by atoms with van der Waals surface area (Å²) in [6.45, 7) is 0.210. The highest BCUT2D eigenvalue weighted by atomic mass is 32.1. The second-order valence-corrected chi connectivity index (χ2v) is 5.13. The Morgan fingerprint density at radius 1 is 1.14 bits per heavy atom. The number of hydrogen-bond acceptors (Lipinski definition) is 5. The number of benzene rings is 2. The van der Waals surface area contributed by atoms with Crippen LogP contribution in [0.3, 0.4) is 0 Å². The number of ether oxygens (including phenoxy) is 2. The fraction of sp³-hybridized carbons (Fsp3) is 0.0667. The Kier molecular flexibility index (Phi) is 2.87. The predicted molar refractivity (Wildman–Crippen MR) is 82.0 cm³/mol. The molecule has 2 aromatic carbocycles. The van der Waals surface area contributed by atoms with Crippen LogP contribution in [0.4, 0.5) is 0 Å². The summed E-state index contributed by atoms with van der Waals surface area (Å²) in [5, 5.41) is 17.0. The van der Waals surface area contributed by atoms with Crippen LogP contribution in [0.2, 0.25) is 0 Å². The number of nitrogens with zero attached hydrogens (tertiary/aromatic N) is 2. The third-order valence-electron chi connectivity index (χ3n) is 3.43. The lowest BCUT2D eigenvalue weighted by Crippen LogP contribution is -1.98. The lowest BCUT2D eigenvalue weighted by Gasteiger charge is -2.09. The van der Waals surface area contributed by atoms with Gasteiger partial charge in [-0.15, -0.1) is 0 Å². The van der Waals surface area contributed by atoms with E-state index in [0.717, 1.165) is 5.69 Å². The van der Waals surface area contributed by atoms with Crippen molar-refractivity contribution in [2.45, 2.75) is 0 Å². The SMILES string of the molecule is Oc1ccccc1-c1n[nH]c(=S)n1-c1ccc2c(c1)OCO2. The number of H-pyrrole nitrogens is 1. The van der Waals surface area contributed by atoms with Crippen molar-refractivity contribution in [2.24, 2.45) is 0 Å². The Labute approximate surface area is 130 Å². The van der Waals surface area contributed by atoms with Gasteiger partial charge in [-0.1, -0.05) is 12.1 Å². The number of aromatic nitrogens is 3. The molecule has 0 saturated heterocycles. The number of fused-ring (bicyclic) bond motifs is 1. The summed E-state index contributed by atoms with van der Waals surface area (Å²) in [5.41, 5.74) is 1.37. The van der Waals surface area contributed by atoms with Crippen molar-refractivity contribution in [1.29, 1.82) is 0 Å². The molecule has 0 aliphatic carbocycles. The van der Waals surface area contributed by atoms with Crippen LogP contribution in [0.1, 0.15) is 0 Å². The van der Waals surface area contributed by atoms with Crippen LogP contribution >= 0.6 is 12.2 Å². The molecule has 0 atom stereocenters. The highest BCUT2D eigenvalue weighted by molar-refractivity contribution is 7.71. The average Bonchev–Trinajstić information content (AvgIpc) is 3.13. The number of aromatic hydroxyl groups is 1. The molecular formula is C15H11N3O3S. The van der Waals surface area contributed by atoms with Crippen molar-refractivity contribution in [3.8, 4) is 34.3 Å². The summed E-state index contributed by atoms with van der Waals surface area (Å²) in [7, 11) is 0. The van der Waals surface area contributed by atoms with E-state index in [1.807, 2.05) is 24.3 Å². The van der Waals surface area contributed by atoms with E-state index in [-0.39, 0.29) is 12.5 Å². The van der Waals surface area contributed by atoms with Gasteiger partial charge in [0.05, 0.1) is 11.3 Å². The summed E-state index contributed by atoms with van der Waals surface area (Å²) >= 11 is 5.32. The maximum Gasteiger partial charge on any atom is 0.231 e. The van der Waals surface area contributed by atoms with Crippen molar-refractivity contribution in [3.63, 3.8) is 0 Å². The minimum atomic E-state index is 0.137. The third kappa shape index (κ3) is 1.94. The van der Waals surface area contributed by atoms with E-state index >= 15 is 0 Å². The first-order valence-electron chi connectivity index (χ1n) is 6.60. The zero-order valence-electron chi connectivity index (χ0n) is 11.3. The van der Waals surface area contributed by atoms with Gasteiger partial charge in [0, 0.05) is 6.07 Å². The van der Waals surface area contributed by atoms with Gasteiger partial charge in [0.15, 0.2) is 22.1 Å². The molecule has 1 aliphatic rings. The zero-order valence-corrected chi connectivity index (χ0v) is 12.1. The van der Waals surface area contributed by atoms with Gasteiger partial charge in [0.2, 0.25) is 6.79 Å². The molecule has 0 radical (unpaired) electrons. The highest BCUT2D eigenvalue weighted by Crippen LogP contribution is 2.35. The smallest absolute Gasteiger partial charge is 0.231 e. The standard InChI is InChI=1S/C15H11N3O3S/c19-11-4-2-1-3-10(11)14-16-17-15(22)18(14)9-5-6-12-13(7-9)21-8-20-12/h1-7,19H,8H2,(H,17,22). The van der Waals surface area contributed by atoms with Crippen LogP contribution in [-0.2, 0) is 0 Å². The van der Waals surface area contributed by atoms with Crippen molar-refractivity contribution in [2.75, 3.05) is 6.79 Å².